The lowest BCUT2D eigenvalue weighted by Crippen LogP contribution is -2.51. The number of furan rings is 1. The van der Waals surface area contributed by atoms with Gasteiger partial charge in [0.1, 0.15) is 11.6 Å². The number of aromatic amines is 1. The maximum absolute atomic E-state index is 5.37. The van der Waals surface area contributed by atoms with Crippen molar-refractivity contribution in [2.45, 2.75) is 25.3 Å². The van der Waals surface area contributed by atoms with Gasteiger partial charge in [-0.15, -0.1) is 24.0 Å². The molecule has 0 spiro atoms. The smallest absolute Gasteiger partial charge is 0.216 e. The van der Waals surface area contributed by atoms with E-state index in [0.717, 1.165) is 43.5 Å². The third kappa shape index (κ3) is 6.15. The Bertz CT molecular complexity index is 990. The van der Waals surface area contributed by atoms with Crippen LogP contribution < -0.4 is 20.3 Å². The van der Waals surface area contributed by atoms with Gasteiger partial charge in [-0.2, -0.15) is 5.10 Å². The molecule has 1 unspecified atom stereocenters. The second kappa shape index (κ2) is 11.7. The number of H-pyrrole nitrogens is 1. The summed E-state index contributed by atoms with van der Waals surface area (Å²) in [5, 5.41) is 14.1. The van der Waals surface area contributed by atoms with E-state index >= 15 is 0 Å². The largest absolute Gasteiger partial charge is 0.497 e. The first-order valence-electron chi connectivity index (χ1n) is 10.6. The van der Waals surface area contributed by atoms with Gasteiger partial charge in [0, 0.05) is 50.9 Å². The minimum absolute atomic E-state index is 0. The van der Waals surface area contributed by atoms with Crippen molar-refractivity contribution in [1.29, 1.82) is 0 Å². The molecule has 1 saturated heterocycles. The summed E-state index contributed by atoms with van der Waals surface area (Å²) >= 11 is 0. The molecule has 1 aliphatic rings. The van der Waals surface area contributed by atoms with E-state index in [1.54, 1.807) is 20.4 Å². The van der Waals surface area contributed by atoms with E-state index in [2.05, 4.69) is 47.8 Å². The number of benzene rings is 1. The number of methoxy groups -OCH3 is 1. The summed E-state index contributed by atoms with van der Waals surface area (Å²) in [6.45, 7) is 2.65. The van der Waals surface area contributed by atoms with Crippen LogP contribution >= 0.6 is 24.0 Å². The minimum Gasteiger partial charge on any atom is -0.497 e. The number of anilines is 1. The monoisotopic (exact) mass is 551 g/mol. The van der Waals surface area contributed by atoms with Gasteiger partial charge in [0.15, 0.2) is 11.7 Å². The van der Waals surface area contributed by atoms with Crippen molar-refractivity contribution < 1.29 is 9.15 Å². The third-order valence-electron chi connectivity index (χ3n) is 5.33. The maximum atomic E-state index is 5.37. The Balaban J connectivity index is 0.00000289. The average Bonchev–Trinajstić information content (AvgIpc) is 3.51. The van der Waals surface area contributed by atoms with Crippen LogP contribution in [-0.2, 0) is 6.42 Å². The zero-order valence-electron chi connectivity index (χ0n) is 18.4. The molecule has 4 rings (SSSR count). The highest BCUT2D eigenvalue weighted by Crippen LogP contribution is 2.24. The van der Waals surface area contributed by atoms with Gasteiger partial charge in [0.05, 0.1) is 13.4 Å². The minimum atomic E-state index is 0. The second-order valence-electron chi connectivity index (χ2n) is 7.46. The van der Waals surface area contributed by atoms with Crippen molar-refractivity contribution >= 4 is 35.6 Å². The van der Waals surface area contributed by atoms with Crippen molar-refractivity contribution in [2.24, 2.45) is 4.99 Å². The van der Waals surface area contributed by atoms with Gasteiger partial charge in [-0.1, -0.05) is 6.07 Å². The van der Waals surface area contributed by atoms with E-state index in [-0.39, 0.29) is 24.0 Å². The molecule has 3 aromatic rings. The van der Waals surface area contributed by atoms with E-state index in [9.17, 15) is 0 Å². The number of nitrogens with zero attached hydrogens (tertiary/aromatic N) is 4. The number of piperidine rings is 1. The lowest BCUT2D eigenvalue weighted by atomic mass is 10.0. The van der Waals surface area contributed by atoms with Gasteiger partial charge in [-0.25, -0.2) is 4.98 Å². The number of halogens is 1. The first-order valence-corrected chi connectivity index (χ1v) is 10.6. The van der Waals surface area contributed by atoms with Gasteiger partial charge in [-0.05, 0) is 37.1 Å². The average molecular weight is 551 g/mol. The highest BCUT2D eigenvalue weighted by atomic mass is 127. The standard InChI is InChI=1S/C22H29N7O2.HI/c1-23-22(24-11-10-20-26-21(28-27-20)19-9-5-13-31-19)25-16-6-4-12-29(15-16)17-7-3-8-18(14-17)30-2;/h3,5,7-9,13-14,16H,4,6,10-12,15H2,1-2H3,(H2,23,24,25)(H,26,27,28);1H. The fourth-order valence-electron chi connectivity index (χ4n) is 3.75. The van der Waals surface area contributed by atoms with Crippen molar-refractivity contribution in [2.75, 3.05) is 38.7 Å². The first-order chi connectivity index (χ1) is 15.2. The lowest BCUT2D eigenvalue weighted by Gasteiger charge is -2.35. The second-order valence-corrected chi connectivity index (χ2v) is 7.46. The van der Waals surface area contributed by atoms with E-state index in [4.69, 9.17) is 9.15 Å². The number of hydrogen-bond acceptors (Lipinski definition) is 6. The predicted octanol–water partition coefficient (Wildman–Crippen LogP) is 3.07. The highest BCUT2D eigenvalue weighted by molar-refractivity contribution is 14.0. The van der Waals surface area contributed by atoms with Crippen LogP contribution in [0.3, 0.4) is 0 Å². The van der Waals surface area contributed by atoms with E-state index < -0.39 is 0 Å². The summed E-state index contributed by atoms with van der Waals surface area (Å²) < 4.78 is 10.7. The van der Waals surface area contributed by atoms with Crippen LogP contribution in [0.4, 0.5) is 5.69 Å². The molecule has 9 nitrogen and oxygen atoms in total. The summed E-state index contributed by atoms with van der Waals surface area (Å²) in [5.41, 5.74) is 1.19. The Labute approximate surface area is 205 Å². The molecule has 2 aromatic heterocycles. The van der Waals surface area contributed by atoms with Crippen molar-refractivity contribution in [1.82, 2.24) is 25.8 Å². The Hall–Kier alpha value is -2.76. The van der Waals surface area contributed by atoms with E-state index in [1.165, 1.54) is 5.69 Å². The number of ether oxygens (including phenoxy) is 1. The molecule has 0 aliphatic carbocycles. The fourth-order valence-corrected chi connectivity index (χ4v) is 3.75. The van der Waals surface area contributed by atoms with Crippen LogP contribution in [0.25, 0.3) is 11.6 Å². The lowest BCUT2D eigenvalue weighted by molar-refractivity contribution is 0.414. The van der Waals surface area contributed by atoms with Gasteiger partial charge >= 0.3 is 0 Å². The Morgan fingerprint density at radius 1 is 1.34 bits per heavy atom. The molecular weight excluding hydrogens is 521 g/mol. The first kappa shape index (κ1) is 23.9. The molecule has 1 atom stereocenters. The zero-order chi connectivity index (χ0) is 21.5. The molecule has 1 fully saturated rings. The molecule has 3 heterocycles. The van der Waals surface area contributed by atoms with Crippen LogP contribution in [0.5, 0.6) is 5.75 Å². The summed E-state index contributed by atoms with van der Waals surface area (Å²) in [6, 6.07) is 12.2. The van der Waals surface area contributed by atoms with Crippen molar-refractivity contribution in [3.63, 3.8) is 0 Å². The molecule has 0 amide bonds. The number of aromatic nitrogens is 3. The number of guanidine groups is 1. The summed E-state index contributed by atoms with van der Waals surface area (Å²) in [7, 11) is 3.49. The molecule has 0 saturated carbocycles. The molecule has 32 heavy (non-hydrogen) atoms. The van der Waals surface area contributed by atoms with Gasteiger partial charge in [0.25, 0.3) is 0 Å². The Morgan fingerprint density at radius 3 is 3.03 bits per heavy atom. The highest BCUT2D eigenvalue weighted by Gasteiger charge is 2.21. The molecule has 0 bridgehead atoms. The Kier molecular flexibility index (Phi) is 8.77. The Morgan fingerprint density at radius 2 is 2.25 bits per heavy atom. The van der Waals surface area contributed by atoms with Crippen LogP contribution in [0.1, 0.15) is 18.7 Å². The summed E-state index contributed by atoms with van der Waals surface area (Å²) in [6.07, 6.45) is 4.55. The van der Waals surface area contributed by atoms with Crippen LogP contribution in [0.2, 0.25) is 0 Å². The molecule has 0 radical (unpaired) electrons. The molecular formula is C22H30IN7O2. The van der Waals surface area contributed by atoms with Crippen LogP contribution in [0, 0.1) is 0 Å². The number of nitrogens with one attached hydrogen (secondary N) is 3. The van der Waals surface area contributed by atoms with Crippen LogP contribution in [-0.4, -0.2) is 61.0 Å². The molecule has 172 valence electrons. The number of hydrogen-bond donors (Lipinski definition) is 3. The van der Waals surface area contributed by atoms with Gasteiger partial charge < -0.3 is 24.7 Å². The number of aliphatic imine (C=N–C) groups is 1. The molecule has 3 N–H and O–H groups in total. The normalized spacial score (nSPS) is 16.4. The maximum Gasteiger partial charge on any atom is 0.216 e. The number of rotatable bonds is 7. The molecule has 10 heteroatoms. The SMILES string of the molecule is CN=C(NCCc1nc(-c2ccco2)n[nH]1)NC1CCCN(c2cccc(OC)c2)C1.I. The summed E-state index contributed by atoms with van der Waals surface area (Å²) in [5.74, 6) is 3.71. The topological polar surface area (TPSA) is 104 Å². The molecule has 1 aromatic carbocycles. The quantitative estimate of drug-likeness (QED) is 0.236. The van der Waals surface area contributed by atoms with E-state index in [1.807, 2.05) is 24.3 Å². The van der Waals surface area contributed by atoms with Crippen molar-refractivity contribution in [3.8, 4) is 17.3 Å². The predicted molar refractivity (Wildman–Crippen MR) is 136 cm³/mol. The zero-order valence-corrected chi connectivity index (χ0v) is 20.7. The molecule has 1 aliphatic heterocycles. The third-order valence-corrected chi connectivity index (χ3v) is 5.33. The van der Waals surface area contributed by atoms with E-state index in [0.29, 0.717) is 30.6 Å². The van der Waals surface area contributed by atoms with Crippen molar-refractivity contribution in [3.05, 3.63) is 48.5 Å². The fraction of sp³-hybridized carbons (Fsp3) is 0.409. The summed E-state index contributed by atoms with van der Waals surface area (Å²) in [4.78, 5) is 11.2. The van der Waals surface area contributed by atoms with Crippen LogP contribution in [0.15, 0.2) is 52.1 Å². The van der Waals surface area contributed by atoms with Gasteiger partial charge in [0.2, 0.25) is 5.82 Å². The van der Waals surface area contributed by atoms with Gasteiger partial charge in [-0.3, -0.25) is 10.1 Å².